The van der Waals surface area contributed by atoms with Gasteiger partial charge in [0.2, 0.25) is 0 Å². The number of halogens is 1. The quantitative estimate of drug-likeness (QED) is 0.885. The summed E-state index contributed by atoms with van der Waals surface area (Å²) < 4.78 is 1.09. The number of rotatable bonds is 3. The zero-order valence-electron chi connectivity index (χ0n) is 9.63. The van der Waals surface area contributed by atoms with Gasteiger partial charge in [-0.05, 0) is 51.0 Å². The van der Waals surface area contributed by atoms with Gasteiger partial charge in [-0.15, -0.1) is 0 Å². The first-order valence-corrected chi connectivity index (χ1v) is 5.92. The van der Waals surface area contributed by atoms with E-state index in [1.54, 1.807) is 6.92 Å². The molecule has 0 fully saturated rings. The molecule has 0 bridgehead atoms. The number of nitrogens with one attached hydrogen (secondary N) is 1. The highest BCUT2D eigenvalue weighted by atomic mass is 79.9. The summed E-state index contributed by atoms with van der Waals surface area (Å²) in [5.74, 6) is 0. The number of aliphatic hydroxyl groups is 1. The van der Waals surface area contributed by atoms with Crippen LogP contribution in [0.2, 0.25) is 0 Å². The molecule has 0 radical (unpaired) electrons. The van der Waals surface area contributed by atoms with Crippen molar-refractivity contribution in [3.05, 3.63) is 27.7 Å². The predicted octanol–water partition coefficient (Wildman–Crippen LogP) is 3.25. The maximum Gasteiger partial charge on any atom is 0.0710 e. The fourth-order valence-electron chi connectivity index (χ4n) is 1.49. The molecule has 0 heterocycles. The van der Waals surface area contributed by atoms with Crippen LogP contribution in [0.5, 0.6) is 0 Å². The number of aryl methyl sites for hydroxylation is 2. The van der Waals surface area contributed by atoms with Crippen LogP contribution in [0.15, 0.2) is 16.6 Å². The van der Waals surface area contributed by atoms with E-state index in [0.29, 0.717) is 0 Å². The molecule has 2 nitrogen and oxygen atoms in total. The Balaban J connectivity index is 2.95. The van der Waals surface area contributed by atoms with E-state index in [9.17, 15) is 5.11 Å². The van der Waals surface area contributed by atoms with Gasteiger partial charge in [0.15, 0.2) is 0 Å². The van der Waals surface area contributed by atoms with Crippen molar-refractivity contribution in [2.24, 2.45) is 0 Å². The molecule has 1 aromatic carbocycles. The molecule has 0 aromatic heterocycles. The number of hydrogen-bond donors (Lipinski definition) is 2. The molecular formula is C12H18BrNO. The molecule has 0 aliphatic heterocycles. The number of benzene rings is 1. The van der Waals surface area contributed by atoms with E-state index in [-0.39, 0.29) is 12.1 Å². The maximum atomic E-state index is 9.45. The van der Waals surface area contributed by atoms with Gasteiger partial charge in [-0.25, -0.2) is 0 Å². The molecule has 0 spiro atoms. The van der Waals surface area contributed by atoms with Gasteiger partial charge in [0, 0.05) is 16.2 Å². The first kappa shape index (κ1) is 12.5. The van der Waals surface area contributed by atoms with E-state index < -0.39 is 0 Å². The Labute approximate surface area is 99.8 Å². The molecule has 0 aliphatic rings. The lowest BCUT2D eigenvalue weighted by Gasteiger charge is -2.21. The molecule has 2 N–H and O–H groups in total. The minimum atomic E-state index is -0.354. The van der Waals surface area contributed by atoms with Crippen LogP contribution >= 0.6 is 15.9 Å². The third-order valence-corrected chi connectivity index (χ3v) is 3.05. The van der Waals surface area contributed by atoms with Crippen molar-refractivity contribution in [1.29, 1.82) is 0 Å². The minimum Gasteiger partial charge on any atom is -0.391 e. The van der Waals surface area contributed by atoms with Crippen molar-refractivity contribution in [2.45, 2.75) is 39.8 Å². The van der Waals surface area contributed by atoms with E-state index in [1.807, 2.05) is 6.92 Å². The second kappa shape index (κ2) is 4.99. The summed E-state index contributed by atoms with van der Waals surface area (Å²) in [6.07, 6.45) is -0.354. The molecule has 3 heteroatoms. The Morgan fingerprint density at radius 2 is 1.67 bits per heavy atom. The summed E-state index contributed by atoms with van der Waals surface area (Å²) in [6, 6.07) is 4.21. The summed E-state index contributed by atoms with van der Waals surface area (Å²) in [6.45, 7) is 7.90. The molecule has 0 aliphatic carbocycles. The van der Waals surface area contributed by atoms with Crippen LogP contribution in [-0.2, 0) is 0 Å². The molecule has 1 rings (SSSR count). The lowest BCUT2D eigenvalue weighted by Crippen LogP contribution is -2.28. The van der Waals surface area contributed by atoms with Crippen LogP contribution in [0, 0.1) is 13.8 Å². The largest absolute Gasteiger partial charge is 0.391 e. The molecule has 2 atom stereocenters. The smallest absolute Gasteiger partial charge is 0.0710 e. The highest BCUT2D eigenvalue weighted by Gasteiger charge is 2.11. The second-order valence-electron chi connectivity index (χ2n) is 4.09. The molecule has 0 amide bonds. The summed E-state index contributed by atoms with van der Waals surface area (Å²) in [5.41, 5.74) is 3.50. The zero-order valence-corrected chi connectivity index (χ0v) is 11.2. The van der Waals surface area contributed by atoms with Crippen molar-refractivity contribution in [1.82, 2.24) is 0 Å². The molecule has 1 aromatic rings. The van der Waals surface area contributed by atoms with Crippen molar-refractivity contribution < 1.29 is 5.11 Å². The molecule has 15 heavy (non-hydrogen) atoms. The summed E-state index contributed by atoms with van der Waals surface area (Å²) >= 11 is 3.47. The van der Waals surface area contributed by atoms with Crippen LogP contribution in [0.25, 0.3) is 0 Å². The van der Waals surface area contributed by atoms with Crippen LogP contribution in [0.4, 0.5) is 5.69 Å². The van der Waals surface area contributed by atoms with E-state index in [1.165, 1.54) is 11.1 Å². The van der Waals surface area contributed by atoms with Gasteiger partial charge in [-0.1, -0.05) is 15.9 Å². The van der Waals surface area contributed by atoms with E-state index in [4.69, 9.17) is 0 Å². The monoisotopic (exact) mass is 271 g/mol. The third kappa shape index (κ3) is 3.21. The number of aliphatic hydroxyl groups excluding tert-OH is 1. The Morgan fingerprint density at radius 1 is 1.20 bits per heavy atom. The predicted molar refractivity (Wildman–Crippen MR) is 68.4 cm³/mol. The van der Waals surface area contributed by atoms with Gasteiger partial charge in [-0.3, -0.25) is 0 Å². The van der Waals surface area contributed by atoms with Crippen molar-refractivity contribution in [3.63, 3.8) is 0 Å². The van der Waals surface area contributed by atoms with Crippen molar-refractivity contribution >= 4 is 21.6 Å². The van der Waals surface area contributed by atoms with E-state index >= 15 is 0 Å². The van der Waals surface area contributed by atoms with Crippen LogP contribution < -0.4 is 5.32 Å². The Hall–Kier alpha value is -0.540. The summed E-state index contributed by atoms with van der Waals surface area (Å²) in [5, 5.41) is 12.8. The van der Waals surface area contributed by atoms with E-state index in [0.717, 1.165) is 10.2 Å². The molecule has 2 unspecified atom stereocenters. The number of anilines is 1. The van der Waals surface area contributed by atoms with Gasteiger partial charge < -0.3 is 10.4 Å². The fourth-order valence-corrected chi connectivity index (χ4v) is 2.17. The van der Waals surface area contributed by atoms with Gasteiger partial charge in [-0.2, -0.15) is 0 Å². The Bertz CT molecular complexity index is 326. The fraction of sp³-hybridized carbons (Fsp3) is 0.500. The van der Waals surface area contributed by atoms with E-state index in [2.05, 4.69) is 47.2 Å². The van der Waals surface area contributed by atoms with Crippen molar-refractivity contribution in [3.8, 4) is 0 Å². The Kier molecular flexibility index (Phi) is 4.17. The first-order chi connectivity index (χ1) is 6.91. The lowest BCUT2D eigenvalue weighted by molar-refractivity contribution is 0.178. The van der Waals surface area contributed by atoms with Crippen LogP contribution in [-0.4, -0.2) is 17.3 Å². The lowest BCUT2D eigenvalue weighted by atomic mass is 10.1. The molecule has 84 valence electrons. The molecule has 0 saturated heterocycles. The molecular weight excluding hydrogens is 254 g/mol. The maximum absolute atomic E-state index is 9.45. The highest BCUT2D eigenvalue weighted by molar-refractivity contribution is 9.10. The standard InChI is InChI=1S/C12H18BrNO/c1-7-5-11(13)6-8(2)12(7)14-9(3)10(4)15/h5-6,9-10,14-15H,1-4H3. The average Bonchev–Trinajstić information content (AvgIpc) is 2.10. The molecule has 0 saturated carbocycles. The number of hydrogen-bond acceptors (Lipinski definition) is 2. The Morgan fingerprint density at radius 3 is 2.07 bits per heavy atom. The van der Waals surface area contributed by atoms with Crippen LogP contribution in [0.1, 0.15) is 25.0 Å². The summed E-state index contributed by atoms with van der Waals surface area (Å²) in [7, 11) is 0. The topological polar surface area (TPSA) is 32.3 Å². The van der Waals surface area contributed by atoms with Gasteiger partial charge >= 0.3 is 0 Å². The third-order valence-electron chi connectivity index (χ3n) is 2.59. The zero-order chi connectivity index (χ0) is 11.6. The van der Waals surface area contributed by atoms with Gasteiger partial charge in [0.1, 0.15) is 0 Å². The summed E-state index contributed by atoms with van der Waals surface area (Å²) in [4.78, 5) is 0. The minimum absolute atomic E-state index is 0.0589. The highest BCUT2D eigenvalue weighted by Crippen LogP contribution is 2.25. The van der Waals surface area contributed by atoms with Crippen LogP contribution in [0.3, 0.4) is 0 Å². The normalized spacial score (nSPS) is 14.8. The van der Waals surface area contributed by atoms with Crippen molar-refractivity contribution in [2.75, 3.05) is 5.32 Å². The first-order valence-electron chi connectivity index (χ1n) is 5.13. The average molecular weight is 272 g/mol. The van der Waals surface area contributed by atoms with Gasteiger partial charge in [0.25, 0.3) is 0 Å². The van der Waals surface area contributed by atoms with Gasteiger partial charge in [0.05, 0.1) is 6.10 Å². The SMILES string of the molecule is Cc1cc(Br)cc(C)c1NC(C)C(C)O. The second-order valence-corrected chi connectivity index (χ2v) is 5.00.